The zero-order chi connectivity index (χ0) is 21.5. The number of aromatic nitrogens is 3. The molecule has 1 atom stereocenters. The predicted molar refractivity (Wildman–Crippen MR) is 122 cm³/mol. The van der Waals surface area contributed by atoms with Gasteiger partial charge in [-0.05, 0) is 60.3 Å². The first-order valence-corrected chi connectivity index (χ1v) is 11.2. The van der Waals surface area contributed by atoms with Crippen LogP contribution in [0.15, 0.2) is 42.5 Å². The van der Waals surface area contributed by atoms with Gasteiger partial charge in [-0.25, -0.2) is 4.68 Å². The highest BCUT2D eigenvalue weighted by Gasteiger charge is 2.33. The Balaban J connectivity index is 1.57. The average molecular weight is 437 g/mol. The van der Waals surface area contributed by atoms with Crippen molar-refractivity contribution < 1.29 is 9.47 Å². The van der Waals surface area contributed by atoms with Gasteiger partial charge in [0.25, 0.3) is 0 Å². The van der Waals surface area contributed by atoms with E-state index in [1.807, 2.05) is 11.7 Å². The van der Waals surface area contributed by atoms with Crippen LogP contribution in [0.1, 0.15) is 47.3 Å². The van der Waals surface area contributed by atoms with Crippen molar-refractivity contribution in [2.45, 2.75) is 37.9 Å². The summed E-state index contributed by atoms with van der Waals surface area (Å²) in [4.78, 5) is 2.46. The Morgan fingerprint density at radius 3 is 2.45 bits per heavy atom. The van der Waals surface area contributed by atoms with Crippen molar-refractivity contribution in [1.82, 2.24) is 19.2 Å². The Bertz CT molecular complexity index is 1150. The molecule has 1 unspecified atom stereocenters. The van der Waals surface area contributed by atoms with Crippen molar-refractivity contribution in [3.8, 4) is 11.5 Å². The Hall–Kier alpha value is -2.64. The van der Waals surface area contributed by atoms with Crippen molar-refractivity contribution in [2.24, 2.45) is 7.05 Å². The minimum atomic E-state index is 0.0954. The molecule has 0 saturated heterocycles. The molecular formula is C24H28N4O2S. The first-order chi connectivity index (χ1) is 15.1. The van der Waals surface area contributed by atoms with Gasteiger partial charge in [0.05, 0.1) is 26.9 Å². The number of ether oxygens (including phenoxy) is 2. The van der Waals surface area contributed by atoms with E-state index in [0.29, 0.717) is 12.6 Å². The Labute approximate surface area is 188 Å². The molecule has 2 aromatic carbocycles. The van der Waals surface area contributed by atoms with E-state index in [4.69, 9.17) is 26.8 Å². The zero-order valence-electron chi connectivity index (χ0n) is 18.2. The SMILES string of the molecule is COc1cc2c(cc1OC)C(c1ccccc1)N(Cn1nc(C3CC3)n(C)c1=S)CC2. The van der Waals surface area contributed by atoms with Crippen molar-refractivity contribution >= 4 is 12.2 Å². The van der Waals surface area contributed by atoms with Gasteiger partial charge in [0.2, 0.25) is 0 Å². The zero-order valence-corrected chi connectivity index (χ0v) is 19.1. The second-order valence-corrected chi connectivity index (χ2v) is 8.76. The number of benzene rings is 2. The van der Waals surface area contributed by atoms with Gasteiger partial charge in [0.15, 0.2) is 16.3 Å². The van der Waals surface area contributed by atoms with Crippen LogP contribution in [-0.2, 0) is 20.1 Å². The van der Waals surface area contributed by atoms with E-state index < -0.39 is 0 Å². The number of rotatable bonds is 6. The molecule has 5 rings (SSSR count). The average Bonchev–Trinajstić information content (AvgIpc) is 3.61. The summed E-state index contributed by atoms with van der Waals surface area (Å²) in [5, 5.41) is 4.90. The molecule has 0 amide bonds. The lowest BCUT2D eigenvalue weighted by Crippen LogP contribution is -2.37. The maximum atomic E-state index is 5.74. The van der Waals surface area contributed by atoms with Gasteiger partial charge >= 0.3 is 0 Å². The third-order valence-corrected chi connectivity index (χ3v) is 6.91. The van der Waals surface area contributed by atoms with Gasteiger partial charge in [0.1, 0.15) is 5.82 Å². The summed E-state index contributed by atoms with van der Waals surface area (Å²) in [5.41, 5.74) is 3.80. The number of nitrogens with zero attached hydrogens (tertiary/aromatic N) is 4. The van der Waals surface area contributed by atoms with Crippen LogP contribution in [0.2, 0.25) is 0 Å². The Kier molecular flexibility index (Phi) is 5.32. The summed E-state index contributed by atoms with van der Waals surface area (Å²) in [6.07, 6.45) is 3.37. The second-order valence-electron chi connectivity index (χ2n) is 8.40. The largest absolute Gasteiger partial charge is 0.493 e. The molecule has 1 aliphatic heterocycles. The predicted octanol–water partition coefficient (Wildman–Crippen LogP) is 4.45. The summed E-state index contributed by atoms with van der Waals surface area (Å²) in [6.45, 7) is 1.58. The summed E-state index contributed by atoms with van der Waals surface area (Å²) in [6, 6.07) is 15.0. The van der Waals surface area contributed by atoms with Gasteiger partial charge in [-0.3, -0.25) is 4.90 Å². The molecule has 162 valence electrons. The molecule has 1 aliphatic carbocycles. The molecule has 6 nitrogen and oxygen atoms in total. The van der Waals surface area contributed by atoms with E-state index >= 15 is 0 Å². The quantitative estimate of drug-likeness (QED) is 0.534. The van der Waals surface area contributed by atoms with Gasteiger partial charge in [-0.2, -0.15) is 5.10 Å². The molecule has 7 heteroatoms. The lowest BCUT2D eigenvalue weighted by Gasteiger charge is -2.37. The smallest absolute Gasteiger partial charge is 0.198 e. The van der Waals surface area contributed by atoms with E-state index in [0.717, 1.165) is 35.1 Å². The van der Waals surface area contributed by atoms with Gasteiger partial charge < -0.3 is 14.0 Å². The minimum Gasteiger partial charge on any atom is -0.493 e. The third-order valence-electron chi connectivity index (χ3n) is 6.42. The van der Waals surface area contributed by atoms with Crippen LogP contribution in [0.5, 0.6) is 11.5 Å². The van der Waals surface area contributed by atoms with Gasteiger partial charge in [-0.1, -0.05) is 30.3 Å². The van der Waals surface area contributed by atoms with Crippen molar-refractivity contribution in [2.75, 3.05) is 20.8 Å². The number of hydrogen-bond acceptors (Lipinski definition) is 5. The van der Waals surface area contributed by atoms with Crippen LogP contribution in [0.3, 0.4) is 0 Å². The van der Waals surface area contributed by atoms with E-state index in [-0.39, 0.29) is 6.04 Å². The molecule has 1 saturated carbocycles. The van der Waals surface area contributed by atoms with Gasteiger partial charge in [0, 0.05) is 19.5 Å². The van der Waals surface area contributed by atoms with Crippen LogP contribution >= 0.6 is 12.2 Å². The number of methoxy groups -OCH3 is 2. The molecule has 3 aromatic rings. The van der Waals surface area contributed by atoms with Crippen LogP contribution in [-0.4, -0.2) is 40.0 Å². The summed E-state index contributed by atoms with van der Waals surface area (Å²) >= 11 is 5.74. The highest BCUT2D eigenvalue weighted by Crippen LogP contribution is 2.42. The topological polar surface area (TPSA) is 44.5 Å². The van der Waals surface area contributed by atoms with Crippen molar-refractivity contribution in [3.63, 3.8) is 0 Å². The molecule has 2 heterocycles. The Morgan fingerprint density at radius 2 is 1.77 bits per heavy atom. The molecular weight excluding hydrogens is 408 g/mol. The van der Waals surface area contributed by atoms with E-state index in [2.05, 4.69) is 51.9 Å². The molecule has 0 bridgehead atoms. The summed E-state index contributed by atoms with van der Waals surface area (Å²) in [7, 11) is 5.42. The fourth-order valence-electron chi connectivity index (χ4n) is 4.64. The van der Waals surface area contributed by atoms with Gasteiger partial charge in [-0.15, -0.1) is 0 Å². The number of fused-ring (bicyclic) bond motifs is 1. The van der Waals surface area contributed by atoms with Crippen LogP contribution in [0.25, 0.3) is 0 Å². The van der Waals surface area contributed by atoms with E-state index in [1.54, 1.807) is 14.2 Å². The molecule has 1 fully saturated rings. The van der Waals surface area contributed by atoms with Crippen LogP contribution in [0.4, 0.5) is 0 Å². The second kappa shape index (κ2) is 8.13. The Morgan fingerprint density at radius 1 is 1.06 bits per heavy atom. The summed E-state index contributed by atoms with van der Waals surface area (Å²) in [5.74, 6) is 3.22. The number of hydrogen-bond donors (Lipinski definition) is 0. The van der Waals surface area contributed by atoms with Crippen LogP contribution in [0, 0.1) is 4.77 Å². The molecule has 0 spiro atoms. The fraction of sp³-hybridized carbons (Fsp3) is 0.417. The van der Waals surface area contributed by atoms with Crippen molar-refractivity contribution in [1.29, 1.82) is 0 Å². The first-order valence-electron chi connectivity index (χ1n) is 10.8. The fourth-order valence-corrected chi connectivity index (χ4v) is 4.83. The standard InChI is InChI=1S/C24H28N4O2S/c1-26-23(17-9-10-17)25-28(24(26)31)15-27-12-11-18-13-20(29-2)21(30-3)14-19(18)22(27)16-7-5-4-6-8-16/h4-8,13-14,17,22H,9-12,15H2,1-3H3. The highest BCUT2D eigenvalue weighted by molar-refractivity contribution is 7.71. The lowest BCUT2D eigenvalue weighted by atomic mass is 9.88. The molecule has 1 aromatic heterocycles. The highest BCUT2D eigenvalue weighted by atomic mass is 32.1. The monoisotopic (exact) mass is 436 g/mol. The third kappa shape index (κ3) is 3.66. The molecule has 0 N–H and O–H groups in total. The minimum absolute atomic E-state index is 0.0954. The molecule has 2 aliphatic rings. The maximum absolute atomic E-state index is 5.74. The first kappa shape index (κ1) is 20.3. The lowest BCUT2D eigenvalue weighted by molar-refractivity contribution is 0.154. The van der Waals surface area contributed by atoms with Crippen LogP contribution < -0.4 is 9.47 Å². The summed E-state index contributed by atoms with van der Waals surface area (Å²) < 4.78 is 16.0. The maximum Gasteiger partial charge on any atom is 0.198 e. The van der Waals surface area contributed by atoms with E-state index in [1.165, 1.54) is 29.5 Å². The molecule has 31 heavy (non-hydrogen) atoms. The molecule has 0 radical (unpaired) electrons. The van der Waals surface area contributed by atoms with Crippen molar-refractivity contribution in [3.05, 3.63) is 69.8 Å². The normalized spacial score (nSPS) is 18.6. The van der Waals surface area contributed by atoms with E-state index in [9.17, 15) is 0 Å².